The molecule has 4 bridgehead atoms. The van der Waals surface area contributed by atoms with Gasteiger partial charge in [-0.3, -0.25) is 4.79 Å². The zero-order valence-electron chi connectivity index (χ0n) is 18.7. The second-order valence-electron chi connectivity index (χ2n) is 10.2. The zero-order valence-corrected chi connectivity index (χ0v) is 18.7. The Morgan fingerprint density at radius 2 is 1.84 bits per heavy atom. The molecule has 0 radical (unpaired) electrons. The Bertz CT molecular complexity index is 906. The molecule has 1 heterocycles. The normalized spacial score (nSPS) is 28.7. The van der Waals surface area contributed by atoms with Crippen LogP contribution in [0.25, 0.3) is 10.9 Å². The maximum Gasteiger partial charge on any atom is 0.224 e. The molecule has 31 heavy (non-hydrogen) atoms. The van der Waals surface area contributed by atoms with Crippen molar-refractivity contribution in [3.63, 3.8) is 0 Å². The van der Waals surface area contributed by atoms with Gasteiger partial charge in [0.05, 0.1) is 11.2 Å². The van der Waals surface area contributed by atoms with E-state index in [-0.39, 0.29) is 11.3 Å². The summed E-state index contributed by atoms with van der Waals surface area (Å²) in [5, 5.41) is 7.59. The van der Waals surface area contributed by atoms with Crippen molar-refractivity contribution in [1.29, 1.82) is 0 Å². The van der Waals surface area contributed by atoms with Crippen molar-refractivity contribution >= 4 is 28.3 Å². The first kappa shape index (κ1) is 20.7. The molecule has 5 nitrogen and oxygen atoms in total. The fourth-order valence-corrected chi connectivity index (χ4v) is 6.94. The van der Waals surface area contributed by atoms with Crippen LogP contribution in [0.1, 0.15) is 58.3 Å². The third-order valence-electron chi connectivity index (χ3n) is 7.68. The van der Waals surface area contributed by atoms with E-state index in [4.69, 9.17) is 9.72 Å². The fourth-order valence-electron chi connectivity index (χ4n) is 6.94. The fraction of sp³-hybridized carbons (Fsp3) is 0.615. The first-order valence-electron chi connectivity index (χ1n) is 12.1. The van der Waals surface area contributed by atoms with Gasteiger partial charge in [0, 0.05) is 31.6 Å². The quantitative estimate of drug-likeness (QED) is 0.516. The minimum Gasteiger partial charge on any atom is -0.382 e. The van der Waals surface area contributed by atoms with Crippen molar-refractivity contribution in [1.82, 2.24) is 4.98 Å². The molecule has 4 fully saturated rings. The third-order valence-corrected chi connectivity index (χ3v) is 7.68. The highest BCUT2D eigenvalue weighted by atomic mass is 16.5. The third kappa shape index (κ3) is 4.57. The first-order chi connectivity index (χ1) is 15.1. The Labute approximate surface area is 185 Å². The summed E-state index contributed by atoms with van der Waals surface area (Å²) in [4.78, 5) is 17.8. The van der Waals surface area contributed by atoms with Crippen molar-refractivity contribution < 1.29 is 9.53 Å². The molecule has 1 amide bonds. The van der Waals surface area contributed by atoms with Crippen LogP contribution in [0.5, 0.6) is 0 Å². The average Bonchev–Trinajstić information content (AvgIpc) is 2.72. The number of ether oxygens (including phenoxy) is 1. The van der Waals surface area contributed by atoms with Gasteiger partial charge in [-0.2, -0.15) is 0 Å². The molecule has 166 valence electrons. The number of amides is 1. The molecule has 1 aromatic heterocycles. The molecule has 5 heteroatoms. The van der Waals surface area contributed by atoms with Gasteiger partial charge in [0.25, 0.3) is 0 Å². The number of fused-ring (bicyclic) bond motifs is 1. The average molecular weight is 422 g/mol. The second kappa shape index (κ2) is 8.78. The number of rotatable bonds is 9. The number of carbonyl (C=O) groups excluding carboxylic acids is 1. The van der Waals surface area contributed by atoms with Crippen LogP contribution in [0.3, 0.4) is 0 Å². The van der Waals surface area contributed by atoms with Crippen LogP contribution in [0.15, 0.2) is 30.3 Å². The number of nitrogens with one attached hydrogen (secondary N) is 2. The van der Waals surface area contributed by atoms with Crippen molar-refractivity contribution in [2.75, 3.05) is 30.4 Å². The van der Waals surface area contributed by atoms with E-state index in [0.717, 1.165) is 66.3 Å². The molecule has 1 aromatic carbocycles. The van der Waals surface area contributed by atoms with Crippen LogP contribution in [0.2, 0.25) is 0 Å². The van der Waals surface area contributed by atoms with E-state index in [1.807, 2.05) is 31.2 Å². The molecule has 2 aromatic rings. The smallest absolute Gasteiger partial charge is 0.224 e. The number of aromatic nitrogens is 1. The van der Waals surface area contributed by atoms with E-state index in [0.29, 0.717) is 6.42 Å². The van der Waals surface area contributed by atoms with Gasteiger partial charge in [-0.15, -0.1) is 0 Å². The SMILES string of the molecule is CCOCCCNc1ccc2c(NC(=O)CC34CC5CC(CC(C5)C3)C4)cccc2n1. The molecule has 0 saturated heterocycles. The predicted octanol–water partition coefficient (Wildman–Crippen LogP) is 5.62. The van der Waals surface area contributed by atoms with E-state index in [1.54, 1.807) is 0 Å². The van der Waals surface area contributed by atoms with Gasteiger partial charge in [-0.25, -0.2) is 4.98 Å². The number of benzene rings is 1. The topological polar surface area (TPSA) is 63.2 Å². The maximum absolute atomic E-state index is 13.1. The molecule has 0 atom stereocenters. The minimum atomic E-state index is 0.174. The lowest BCUT2D eigenvalue weighted by molar-refractivity contribution is -0.124. The number of anilines is 2. The summed E-state index contributed by atoms with van der Waals surface area (Å²) in [5.41, 5.74) is 2.05. The molecule has 0 unspecified atom stereocenters. The summed E-state index contributed by atoms with van der Waals surface area (Å²) < 4.78 is 5.38. The van der Waals surface area contributed by atoms with E-state index in [9.17, 15) is 4.79 Å². The van der Waals surface area contributed by atoms with Gasteiger partial charge in [0.2, 0.25) is 5.91 Å². The summed E-state index contributed by atoms with van der Waals surface area (Å²) in [5.74, 6) is 3.66. The van der Waals surface area contributed by atoms with Crippen LogP contribution in [0, 0.1) is 23.2 Å². The molecule has 0 aliphatic heterocycles. The lowest BCUT2D eigenvalue weighted by atomic mass is 9.49. The van der Waals surface area contributed by atoms with Gasteiger partial charge in [0.15, 0.2) is 0 Å². The number of nitrogens with zero attached hydrogens (tertiary/aromatic N) is 1. The van der Waals surface area contributed by atoms with Crippen molar-refractivity contribution in [3.05, 3.63) is 30.3 Å². The Morgan fingerprint density at radius 3 is 2.55 bits per heavy atom. The Kier molecular flexibility index (Phi) is 5.87. The Hall–Kier alpha value is -2.14. The molecule has 0 spiro atoms. The van der Waals surface area contributed by atoms with Crippen LogP contribution >= 0.6 is 0 Å². The Balaban J connectivity index is 1.23. The number of hydrogen-bond donors (Lipinski definition) is 2. The summed E-state index contributed by atoms with van der Waals surface area (Å²) in [6.07, 6.45) is 9.67. The number of carbonyl (C=O) groups is 1. The van der Waals surface area contributed by atoms with E-state index < -0.39 is 0 Å². The monoisotopic (exact) mass is 421 g/mol. The summed E-state index contributed by atoms with van der Waals surface area (Å²) in [6.45, 7) is 4.36. The van der Waals surface area contributed by atoms with Gasteiger partial charge in [-0.05, 0) is 99.3 Å². The second-order valence-corrected chi connectivity index (χ2v) is 10.2. The first-order valence-corrected chi connectivity index (χ1v) is 12.1. The lowest BCUT2D eigenvalue weighted by Crippen LogP contribution is -2.47. The van der Waals surface area contributed by atoms with E-state index in [1.165, 1.54) is 38.5 Å². The maximum atomic E-state index is 13.1. The van der Waals surface area contributed by atoms with Crippen LogP contribution < -0.4 is 10.6 Å². The predicted molar refractivity (Wildman–Crippen MR) is 125 cm³/mol. The molecular weight excluding hydrogens is 386 g/mol. The molecule has 2 N–H and O–H groups in total. The van der Waals surface area contributed by atoms with E-state index >= 15 is 0 Å². The highest BCUT2D eigenvalue weighted by Gasteiger charge is 2.51. The van der Waals surface area contributed by atoms with Gasteiger partial charge in [-0.1, -0.05) is 6.07 Å². The van der Waals surface area contributed by atoms with Crippen molar-refractivity contribution in [2.24, 2.45) is 23.2 Å². The largest absolute Gasteiger partial charge is 0.382 e. The van der Waals surface area contributed by atoms with Crippen molar-refractivity contribution in [3.8, 4) is 0 Å². The molecular formula is C26H35N3O2. The highest BCUT2D eigenvalue weighted by molar-refractivity contribution is 6.01. The summed E-state index contributed by atoms with van der Waals surface area (Å²) in [7, 11) is 0. The summed E-state index contributed by atoms with van der Waals surface area (Å²) >= 11 is 0. The van der Waals surface area contributed by atoms with Gasteiger partial charge >= 0.3 is 0 Å². The minimum absolute atomic E-state index is 0.174. The zero-order chi connectivity index (χ0) is 21.3. The molecule has 4 aliphatic carbocycles. The van der Waals surface area contributed by atoms with Crippen LogP contribution in [-0.4, -0.2) is 30.6 Å². The number of hydrogen-bond acceptors (Lipinski definition) is 4. The molecule has 4 saturated carbocycles. The molecule has 6 rings (SSSR count). The van der Waals surface area contributed by atoms with Gasteiger partial charge in [0.1, 0.15) is 5.82 Å². The number of pyridine rings is 1. The van der Waals surface area contributed by atoms with Crippen molar-refractivity contribution in [2.45, 2.75) is 58.3 Å². The van der Waals surface area contributed by atoms with Crippen LogP contribution in [-0.2, 0) is 9.53 Å². The highest BCUT2D eigenvalue weighted by Crippen LogP contribution is 2.61. The van der Waals surface area contributed by atoms with E-state index in [2.05, 4.69) is 16.7 Å². The Morgan fingerprint density at radius 1 is 1.10 bits per heavy atom. The van der Waals surface area contributed by atoms with Gasteiger partial charge < -0.3 is 15.4 Å². The lowest BCUT2D eigenvalue weighted by Gasteiger charge is -2.56. The molecule has 4 aliphatic rings. The standard InChI is InChI=1S/C26H35N3O2/c1-2-31-10-4-9-27-24-8-7-21-22(28-24)5-3-6-23(21)29-25(30)17-26-14-18-11-19(15-26)13-20(12-18)16-26/h3,5-8,18-20H,2,4,9-17H2,1H3,(H,27,28)(H,29,30). The summed E-state index contributed by atoms with van der Waals surface area (Å²) in [6, 6.07) is 10.0. The van der Waals surface area contributed by atoms with Crippen LogP contribution in [0.4, 0.5) is 11.5 Å².